The van der Waals surface area contributed by atoms with Crippen LogP contribution in [-0.2, 0) is 19.4 Å². The number of sulfone groups is 1. The third-order valence-corrected chi connectivity index (χ3v) is 5.56. The monoisotopic (exact) mass is 276 g/mol. The number of carbonyl (C=O) groups excluding carboxylic acids is 1. The molecule has 1 saturated carbocycles. The summed E-state index contributed by atoms with van der Waals surface area (Å²) in [6.07, 6.45) is 5.12. The van der Waals surface area contributed by atoms with Crippen LogP contribution in [0.2, 0.25) is 0 Å². The first kappa shape index (κ1) is 15.5. The lowest BCUT2D eigenvalue weighted by Crippen LogP contribution is -2.32. The van der Waals surface area contributed by atoms with Crippen LogP contribution in [0.15, 0.2) is 0 Å². The summed E-state index contributed by atoms with van der Waals surface area (Å²) in [6.45, 7) is 4.39. The van der Waals surface area contributed by atoms with E-state index in [1.165, 1.54) is 0 Å². The van der Waals surface area contributed by atoms with E-state index in [0.29, 0.717) is 25.4 Å². The molecule has 0 spiro atoms. The third-order valence-electron chi connectivity index (χ3n) is 3.48. The second-order valence-corrected chi connectivity index (χ2v) is 7.56. The molecule has 4 nitrogen and oxygen atoms in total. The average molecular weight is 276 g/mol. The van der Waals surface area contributed by atoms with E-state index in [2.05, 4.69) is 6.92 Å². The molecule has 0 amide bonds. The van der Waals surface area contributed by atoms with Crippen LogP contribution in [0.4, 0.5) is 0 Å². The third kappa shape index (κ3) is 4.96. The summed E-state index contributed by atoms with van der Waals surface area (Å²) in [4.78, 5) is 11.5. The lowest BCUT2D eigenvalue weighted by atomic mass is 9.91. The normalized spacial score (nSPS) is 24.8. The Morgan fingerprint density at radius 1 is 1.33 bits per heavy atom. The van der Waals surface area contributed by atoms with Gasteiger partial charge in [0.15, 0.2) is 9.84 Å². The lowest BCUT2D eigenvalue weighted by Gasteiger charge is -2.26. The summed E-state index contributed by atoms with van der Waals surface area (Å²) < 4.78 is 29.1. The van der Waals surface area contributed by atoms with Crippen LogP contribution in [-0.4, -0.2) is 32.0 Å². The summed E-state index contributed by atoms with van der Waals surface area (Å²) in [5, 5.41) is -0.347. The SMILES string of the molecule is CCCCOC(=O)CS(=O)(=O)C1CCCC(C)C1. The van der Waals surface area contributed by atoms with Crippen molar-refractivity contribution in [2.45, 2.75) is 57.6 Å². The van der Waals surface area contributed by atoms with Crippen LogP contribution < -0.4 is 0 Å². The van der Waals surface area contributed by atoms with Gasteiger partial charge in [-0.25, -0.2) is 8.42 Å². The van der Waals surface area contributed by atoms with E-state index in [0.717, 1.165) is 25.7 Å². The summed E-state index contributed by atoms with van der Waals surface area (Å²) in [5.41, 5.74) is 0. The van der Waals surface area contributed by atoms with Gasteiger partial charge in [0.25, 0.3) is 0 Å². The predicted molar refractivity (Wildman–Crippen MR) is 71.1 cm³/mol. The van der Waals surface area contributed by atoms with E-state index in [1.54, 1.807) is 0 Å². The molecule has 0 aliphatic heterocycles. The van der Waals surface area contributed by atoms with Crippen LogP contribution >= 0.6 is 0 Å². The Hall–Kier alpha value is -0.580. The molecular formula is C13H24O4S. The minimum atomic E-state index is -3.33. The minimum absolute atomic E-state index is 0.325. The van der Waals surface area contributed by atoms with Crippen molar-refractivity contribution in [3.63, 3.8) is 0 Å². The van der Waals surface area contributed by atoms with Crippen molar-refractivity contribution in [1.82, 2.24) is 0 Å². The van der Waals surface area contributed by atoms with Crippen LogP contribution in [0.1, 0.15) is 52.4 Å². The van der Waals surface area contributed by atoms with Gasteiger partial charge in [0.1, 0.15) is 5.75 Å². The zero-order chi connectivity index (χ0) is 13.6. The Balaban J connectivity index is 2.45. The summed E-state index contributed by atoms with van der Waals surface area (Å²) in [6, 6.07) is 0. The Morgan fingerprint density at radius 2 is 2.06 bits per heavy atom. The van der Waals surface area contributed by atoms with Gasteiger partial charge in [-0.15, -0.1) is 0 Å². The van der Waals surface area contributed by atoms with E-state index in [4.69, 9.17) is 4.74 Å². The van der Waals surface area contributed by atoms with Crippen molar-refractivity contribution >= 4 is 15.8 Å². The van der Waals surface area contributed by atoms with Gasteiger partial charge in [-0.1, -0.05) is 33.1 Å². The number of ether oxygens (including phenoxy) is 1. The number of hydrogen-bond donors (Lipinski definition) is 0. The molecule has 0 heterocycles. The predicted octanol–water partition coefficient (Wildman–Crippen LogP) is 2.32. The summed E-state index contributed by atoms with van der Waals surface area (Å²) in [5.74, 6) is -0.606. The summed E-state index contributed by atoms with van der Waals surface area (Å²) >= 11 is 0. The Bertz CT molecular complexity index is 361. The molecule has 0 aromatic rings. The molecule has 1 fully saturated rings. The zero-order valence-electron chi connectivity index (χ0n) is 11.4. The van der Waals surface area contributed by atoms with Gasteiger partial charge in [0.05, 0.1) is 11.9 Å². The van der Waals surface area contributed by atoms with Gasteiger partial charge in [0, 0.05) is 0 Å². The second kappa shape index (κ2) is 7.12. The van der Waals surface area contributed by atoms with Gasteiger partial charge in [-0.3, -0.25) is 4.79 Å². The topological polar surface area (TPSA) is 60.4 Å². The van der Waals surface area contributed by atoms with E-state index >= 15 is 0 Å². The van der Waals surface area contributed by atoms with Gasteiger partial charge in [-0.2, -0.15) is 0 Å². The van der Waals surface area contributed by atoms with Gasteiger partial charge in [0.2, 0.25) is 0 Å². The Morgan fingerprint density at radius 3 is 2.67 bits per heavy atom. The highest BCUT2D eigenvalue weighted by molar-refractivity contribution is 7.92. The van der Waals surface area contributed by atoms with Gasteiger partial charge >= 0.3 is 5.97 Å². The van der Waals surface area contributed by atoms with Crippen LogP contribution in [0.25, 0.3) is 0 Å². The number of hydrogen-bond acceptors (Lipinski definition) is 4. The van der Waals surface area contributed by atoms with E-state index in [9.17, 15) is 13.2 Å². The maximum Gasteiger partial charge on any atom is 0.321 e. The van der Waals surface area contributed by atoms with Crippen molar-refractivity contribution in [3.05, 3.63) is 0 Å². The molecule has 18 heavy (non-hydrogen) atoms. The van der Waals surface area contributed by atoms with E-state index in [1.807, 2.05) is 6.92 Å². The van der Waals surface area contributed by atoms with Crippen molar-refractivity contribution in [2.24, 2.45) is 5.92 Å². The number of carbonyl (C=O) groups is 1. The van der Waals surface area contributed by atoms with Crippen LogP contribution in [0, 0.1) is 5.92 Å². The quantitative estimate of drug-likeness (QED) is 0.552. The molecule has 106 valence electrons. The smallest absolute Gasteiger partial charge is 0.321 e. The standard InChI is InChI=1S/C13H24O4S/c1-3-4-8-17-13(14)10-18(15,16)12-7-5-6-11(2)9-12/h11-12H,3-10H2,1-2H3. The molecule has 1 aliphatic rings. The fraction of sp³-hybridized carbons (Fsp3) is 0.923. The Kier molecular flexibility index (Phi) is 6.12. The molecule has 0 saturated heterocycles. The number of rotatable bonds is 6. The first-order valence-electron chi connectivity index (χ1n) is 6.83. The molecule has 0 aromatic carbocycles. The first-order valence-corrected chi connectivity index (χ1v) is 8.54. The number of unbranched alkanes of at least 4 members (excludes halogenated alkanes) is 1. The van der Waals surface area contributed by atoms with Crippen LogP contribution in [0.3, 0.4) is 0 Å². The molecule has 0 N–H and O–H groups in total. The van der Waals surface area contributed by atoms with E-state index in [-0.39, 0.29) is 5.25 Å². The maximum absolute atomic E-state index is 12.1. The molecular weight excluding hydrogens is 252 g/mol. The fourth-order valence-corrected chi connectivity index (χ4v) is 4.15. The average Bonchev–Trinajstić information content (AvgIpc) is 2.28. The van der Waals surface area contributed by atoms with Gasteiger partial charge in [-0.05, 0) is 25.2 Å². The summed E-state index contributed by atoms with van der Waals surface area (Å²) in [7, 11) is -3.33. The molecule has 5 heteroatoms. The maximum atomic E-state index is 12.1. The first-order chi connectivity index (χ1) is 8.45. The van der Waals surface area contributed by atoms with E-state index < -0.39 is 21.6 Å². The molecule has 2 unspecified atom stereocenters. The van der Waals surface area contributed by atoms with Crippen molar-refractivity contribution in [3.8, 4) is 0 Å². The molecule has 0 aromatic heterocycles. The highest BCUT2D eigenvalue weighted by Crippen LogP contribution is 2.28. The molecule has 1 rings (SSSR count). The highest BCUT2D eigenvalue weighted by Gasteiger charge is 2.32. The van der Waals surface area contributed by atoms with Crippen molar-refractivity contribution in [2.75, 3.05) is 12.4 Å². The Labute approximate surface area is 110 Å². The van der Waals surface area contributed by atoms with Crippen molar-refractivity contribution < 1.29 is 17.9 Å². The van der Waals surface area contributed by atoms with Crippen LogP contribution in [0.5, 0.6) is 0 Å². The second-order valence-electron chi connectivity index (χ2n) is 5.28. The largest absolute Gasteiger partial charge is 0.465 e. The van der Waals surface area contributed by atoms with Crippen molar-refractivity contribution in [1.29, 1.82) is 0 Å². The zero-order valence-corrected chi connectivity index (χ0v) is 12.2. The van der Waals surface area contributed by atoms with Gasteiger partial charge < -0.3 is 4.74 Å². The number of esters is 1. The minimum Gasteiger partial charge on any atom is -0.465 e. The molecule has 0 bridgehead atoms. The highest BCUT2D eigenvalue weighted by atomic mass is 32.2. The lowest BCUT2D eigenvalue weighted by molar-refractivity contribution is -0.140. The molecule has 1 aliphatic carbocycles. The fourth-order valence-electron chi connectivity index (χ4n) is 2.36. The molecule has 2 atom stereocenters. The molecule has 0 radical (unpaired) electrons.